The van der Waals surface area contributed by atoms with E-state index in [2.05, 4.69) is 15.9 Å². The Bertz CT molecular complexity index is 363. The van der Waals surface area contributed by atoms with Gasteiger partial charge in [-0.2, -0.15) is 0 Å². The average molecular weight is 227 g/mol. The summed E-state index contributed by atoms with van der Waals surface area (Å²) in [5, 5.41) is 7.60. The van der Waals surface area contributed by atoms with Crippen LogP contribution in [-0.4, -0.2) is 4.57 Å². The first kappa shape index (κ1) is 9.26. The van der Waals surface area contributed by atoms with E-state index < -0.39 is 0 Å². The van der Waals surface area contributed by atoms with Gasteiger partial charge >= 0.3 is 0 Å². The van der Waals surface area contributed by atoms with Gasteiger partial charge in [0, 0.05) is 16.9 Å². The number of nitrogens with zero attached hydrogens (tertiary/aromatic N) is 1. The summed E-state index contributed by atoms with van der Waals surface area (Å²) in [5.41, 5.74) is 1.58. The Balaban J connectivity index is 3.33. The van der Waals surface area contributed by atoms with Crippen molar-refractivity contribution in [2.45, 2.75) is 13.8 Å². The lowest BCUT2D eigenvalue weighted by Crippen LogP contribution is -2.14. The molecule has 0 spiro atoms. The van der Waals surface area contributed by atoms with Crippen molar-refractivity contribution in [2.75, 3.05) is 0 Å². The topological polar surface area (TPSA) is 28.8 Å². The minimum Gasteiger partial charge on any atom is -0.308 e. The van der Waals surface area contributed by atoms with Gasteiger partial charge in [-0.05, 0) is 41.4 Å². The Labute approximate surface area is 80.2 Å². The summed E-state index contributed by atoms with van der Waals surface area (Å²) in [6.45, 7) is 3.91. The van der Waals surface area contributed by atoms with Crippen LogP contribution in [0.3, 0.4) is 0 Å². The number of allylic oxidation sites excluding steroid dienone is 1. The number of hydrogen-bond donors (Lipinski definition) is 1. The summed E-state index contributed by atoms with van der Waals surface area (Å²) in [6, 6.07) is 1.82. The molecule has 0 atom stereocenters. The van der Waals surface area contributed by atoms with Gasteiger partial charge in [0.1, 0.15) is 5.49 Å². The molecule has 0 radical (unpaired) electrons. The predicted molar refractivity (Wildman–Crippen MR) is 53.7 cm³/mol. The van der Waals surface area contributed by atoms with Crippen LogP contribution in [0.2, 0.25) is 0 Å². The third-order valence-corrected chi connectivity index (χ3v) is 2.40. The molecular weight excluding hydrogens is 216 g/mol. The minimum absolute atomic E-state index is 0.494. The molecule has 0 aliphatic heterocycles. The number of nitrogens with one attached hydrogen (secondary N) is 1. The van der Waals surface area contributed by atoms with E-state index in [4.69, 9.17) is 5.41 Å². The normalized spacial score (nSPS) is 10.9. The Morgan fingerprint density at radius 2 is 2.25 bits per heavy atom. The molecule has 2 nitrogen and oxygen atoms in total. The number of aryl methyl sites for hydroxylation is 1. The van der Waals surface area contributed by atoms with Crippen molar-refractivity contribution in [3.8, 4) is 0 Å². The molecule has 0 unspecified atom stereocenters. The third-order valence-electron chi connectivity index (χ3n) is 1.57. The van der Waals surface area contributed by atoms with Crippen LogP contribution in [0.15, 0.2) is 22.8 Å². The first-order chi connectivity index (χ1) is 5.65. The highest BCUT2D eigenvalue weighted by Gasteiger charge is 1.94. The van der Waals surface area contributed by atoms with E-state index in [-0.39, 0.29) is 0 Å². The number of halogens is 1. The first-order valence-corrected chi connectivity index (χ1v) is 4.50. The van der Waals surface area contributed by atoms with Gasteiger partial charge in [-0.1, -0.05) is 6.08 Å². The largest absolute Gasteiger partial charge is 0.308 e. The van der Waals surface area contributed by atoms with Crippen molar-refractivity contribution < 1.29 is 0 Å². The maximum absolute atomic E-state index is 7.60. The van der Waals surface area contributed by atoms with Crippen LogP contribution in [0, 0.1) is 12.3 Å². The van der Waals surface area contributed by atoms with Crippen LogP contribution in [0.4, 0.5) is 0 Å². The van der Waals surface area contributed by atoms with Gasteiger partial charge in [0.15, 0.2) is 0 Å². The van der Waals surface area contributed by atoms with Crippen molar-refractivity contribution in [1.29, 1.82) is 5.41 Å². The lowest BCUT2D eigenvalue weighted by molar-refractivity contribution is 0.958. The zero-order chi connectivity index (χ0) is 9.14. The highest BCUT2D eigenvalue weighted by Crippen LogP contribution is 2.11. The second kappa shape index (κ2) is 3.72. The molecule has 0 saturated carbocycles. The van der Waals surface area contributed by atoms with Gasteiger partial charge in [0.2, 0.25) is 0 Å². The second-order valence-electron chi connectivity index (χ2n) is 2.58. The monoisotopic (exact) mass is 226 g/mol. The van der Waals surface area contributed by atoms with Crippen LogP contribution < -0.4 is 5.49 Å². The summed E-state index contributed by atoms with van der Waals surface area (Å²) in [5.74, 6) is 0. The van der Waals surface area contributed by atoms with Crippen LogP contribution in [0.5, 0.6) is 0 Å². The Kier molecular flexibility index (Phi) is 2.87. The zero-order valence-corrected chi connectivity index (χ0v) is 8.72. The van der Waals surface area contributed by atoms with E-state index in [1.54, 1.807) is 4.57 Å². The second-order valence-corrected chi connectivity index (χ2v) is 3.43. The summed E-state index contributed by atoms with van der Waals surface area (Å²) < 4.78 is 2.79. The van der Waals surface area contributed by atoms with Crippen molar-refractivity contribution >= 4 is 22.1 Å². The fourth-order valence-corrected chi connectivity index (χ4v) is 1.26. The fraction of sp³-hybridized carbons (Fsp3) is 0.222. The van der Waals surface area contributed by atoms with Crippen molar-refractivity contribution in [3.63, 3.8) is 0 Å². The molecule has 0 saturated heterocycles. The SMILES string of the molecule is C/C=C\n1cc(Br)c(C)cc1=N. The molecule has 0 bridgehead atoms. The van der Waals surface area contributed by atoms with Gasteiger partial charge in [0.05, 0.1) is 0 Å². The lowest BCUT2D eigenvalue weighted by Gasteiger charge is -2.02. The van der Waals surface area contributed by atoms with Crippen molar-refractivity contribution in [2.24, 2.45) is 0 Å². The molecule has 0 aliphatic carbocycles. The Morgan fingerprint density at radius 1 is 1.58 bits per heavy atom. The molecule has 64 valence electrons. The Hall–Kier alpha value is -0.830. The zero-order valence-electron chi connectivity index (χ0n) is 7.13. The van der Waals surface area contributed by atoms with E-state index >= 15 is 0 Å². The van der Waals surface area contributed by atoms with Gasteiger partial charge < -0.3 is 4.57 Å². The quantitative estimate of drug-likeness (QED) is 0.763. The van der Waals surface area contributed by atoms with Gasteiger partial charge in [-0.3, -0.25) is 5.41 Å². The molecule has 1 aromatic rings. The average Bonchev–Trinajstić information content (AvgIpc) is 2.01. The molecule has 1 N–H and O–H groups in total. The third kappa shape index (κ3) is 1.85. The molecule has 12 heavy (non-hydrogen) atoms. The molecular formula is C9H11BrN2. The van der Waals surface area contributed by atoms with E-state index in [1.807, 2.05) is 38.4 Å². The molecule has 0 amide bonds. The molecule has 1 heterocycles. The van der Waals surface area contributed by atoms with Gasteiger partial charge in [-0.15, -0.1) is 0 Å². The molecule has 0 aromatic carbocycles. The van der Waals surface area contributed by atoms with Crippen LogP contribution in [0.1, 0.15) is 12.5 Å². The lowest BCUT2D eigenvalue weighted by atomic mass is 10.3. The first-order valence-electron chi connectivity index (χ1n) is 3.71. The van der Waals surface area contributed by atoms with E-state index in [9.17, 15) is 0 Å². The van der Waals surface area contributed by atoms with E-state index in [0.29, 0.717) is 5.49 Å². The van der Waals surface area contributed by atoms with Crippen LogP contribution in [0.25, 0.3) is 6.20 Å². The standard InChI is InChI=1S/C9H11BrN2/c1-3-4-12-6-8(10)7(2)5-9(12)11/h3-6,11H,1-2H3/b4-3-,11-9?. The number of hydrogen-bond acceptors (Lipinski definition) is 1. The summed E-state index contributed by atoms with van der Waals surface area (Å²) in [4.78, 5) is 0. The molecule has 1 aromatic heterocycles. The fourth-order valence-electron chi connectivity index (χ4n) is 0.926. The smallest absolute Gasteiger partial charge is 0.129 e. The van der Waals surface area contributed by atoms with Gasteiger partial charge in [0.25, 0.3) is 0 Å². The number of aromatic nitrogens is 1. The van der Waals surface area contributed by atoms with Crippen molar-refractivity contribution in [3.05, 3.63) is 33.9 Å². The summed E-state index contributed by atoms with van der Waals surface area (Å²) in [7, 11) is 0. The minimum atomic E-state index is 0.494. The van der Waals surface area contributed by atoms with Crippen LogP contribution >= 0.6 is 15.9 Å². The molecule has 3 heteroatoms. The summed E-state index contributed by atoms with van der Waals surface area (Å²) in [6.07, 6.45) is 5.64. The highest BCUT2D eigenvalue weighted by atomic mass is 79.9. The molecule has 0 aliphatic rings. The predicted octanol–water partition coefficient (Wildman–Crippen LogP) is 2.53. The molecule has 0 fully saturated rings. The maximum atomic E-state index is 7.60. The maximum Gasteiger partial charge on any atom is 0.129 e. The Morgan fingerprint density at radius 3 is 2.83 bits per heavy atom. The van der Waals surface area contributed by atoms with Crippen molar-refractivity contribution in [1.82, 2.24) is 4.57 Å². The number of pyridine rings is 1. The summed E-state index contributed by atoms with van der Waals surface area (Å²) >= 11 is 3.41. The van der Waals surface area contributed by atoms with Gasteiger partial charge in [-0.25, -0.2) is 0 Å². The highest BCUT2D eigenvalue weighted by molar-refractivity contribution is 9.10. The van der Waals surface area contributed by atoms with E-state index in [1.165, 1.54) is 0 Å². The number of rotatable bonds is 1. The van der Waals surface area contributed by atoms with E-state index in [0.717, 1.165) is 10.0 Å². The van der Waals surface area contributed by atoms with Crippen LogP contribution in [-0.2, 0) is 0 Å². The molecule has 1 rings (SSSR count).